The number of nitrogens with zero attached hydrogens (tertiary/aromatic N) is 2. The Morgan fingerprint density at radius 2 is 1.87 bits per heavy atom. The molecule has 0 fully saturated rings. The summed E-state index contributed by atoms with van der Waals surface area (Å²) in [6.45, 7) is 0. The van der Waals surface area contributed by atoms with Crippen molar-refractivity contribution in [3.63, 3.8) is 0 Å². The summed E-state index contributed by atoms with van der Waals surface area (Å²) in [7, 11) is 0. The van der Waals surface area contributed by atoms with Gasteiger partial charge in [0.15, 0.2) is 0 Å². The van der Waals surface area contributed by atoms with Crippen molar-refractivity contribution in [3.8, 4) is 11.3 Å². The molecule has 0 spiro atoms. The van der Waals surface area contributed by atoms with Crippen molar-refractivity contribution in [2.24, 2.45) is 0 Å². The summed E-state index contributed by atoms with van der Waals surface area (Å²) in [5, 5.41) is 0. The van der Waals surface area contributed by atoms with Crippen LogP contribution in [0.3, 0.4) is 0 Å². The maximum absolute atomic E-state index is 13.3. The average Bonchev–Trinajstić information content (AvgIpc) is 2.20. The first-order valence-corrected chi connectivity index (χ1v) is 4.89. The van der Waals surface area contributed by atoms with Crippen molar-refractivity contribution in [1.29, 1.82) is 0 Å². The highest BCUT2D eigenvalue weighted by atomic mass is 79.9. The van der Waals surface area contributed by atoms with Gasteiger partial charge < -0.3 is 0 Å². The van der Waals surface area contributed by atoms with E-state index in [1.54, 1.807) is 0 Å². The Hall–Kier alpha value is -1.36. The maximum Gasteiger partial charge on any atom is 0.135 e. The van der Waals surface area contributed by atoms with Crippen LogP contribution in [-0.4, -0.2) is 9.97 Å². The molecule has 0 atom stereocenters. The van der Waals surface area contributed by atoms with Gasteiger partial charge in [-0.1, -0.05) is 0 Å². The molecule has 2 aromatic rings. The molecule has 0 aliphatic rings. The van der Waals surface area contributed by atoms with Gasteiger partial charge in [-0.25, -0.2) is 13.8 Å². The molecule has 0 unspecified atom stereocenters. The molecule has 15 heavy (non-hydrogen) atoms. The highest BCUT2D eigenvalue weighted by Gasteiger charge is 2.07. The van der Waals surface area contributed by atoms with Gasteiger partial charge in [-0.2, -0.15) is 0 Å². The zero-order valence-corrected chi connectivity index (χ0v) is 9.00. The predicted octanol–water partition coefficient (Wildman–Crippen LogP) is 3.18. The number of rotatable bonds is 1. The van der Waals surface area contributed by atoms with Gasteiger partial charge in [-0.3, -0.25) is 4.98 Å². The lowest BCUT2D eigenvalue weighted by Gasteiger charge is -2.01. The first-order chi connectivity index (χ1) is 7.16. The van der Waals surface area contributed by atoms with Gasteiger partial charge >= 0.3 is 0 Å². The molecule has 0 aliphatic carbocycles. The van der Waals surface area contributed by atoms with E-state index in [-0.39, 0.29) is 5.56 Å². The van der Waals surface area contributed by atoms with Gasteiger partial charge in [0.05, 0.1) is 18.1 Å². The van der Waals surface area contributed by atoms with E-state index in [2.05, 4.69) is 25.9 Å². The summed E-state index contributed by atoms with van der Waals surface area (Å²) in [4.78, 5) is 7.88. The lowest BCUT2D eigenvalue weighted by Crippen LogP contribution is -1.90. The van der Waals surface area contributed by atoms with E-state index < -0.39 is 11.6 Å². The summed E-state index contributed by atoms with van der Waals surface area (Å²) in [6.07, 6.45) is 2.87. The Morgan fingerprint density at radius 1 is 1.07 bits per heavy atom. The number of benzene rings is 1. The summed E-state index contributed by atoms with van der Waals surface area (Å²) in [6, 6.07) is 3.34. The summed E-state index contributed by atoms with van der Waals surface area (Å²) >= 11 is 3.12. The van der Waals surface area contributed by atoms with Crippen LogP contribution in [0.1, 0.15) is 0 Å². The summed E-state index contributed by atoms with van der Waals surface area (Å²) in [5.74, 6) is -1.26. The quantitative estimate of drug-likeness (QED) is 0.796. The molecule has 0 saturated heterocycles. The van der Waals surface area contributed by atoms with Gasteiger partial charge in [-0.15, -0.1) is 0 Å². The molecule has 0 radical (unpaired) electrons. The molecule has 2 rings (SSSR count). The van der Waals surface area contributed by atoms with Gasteiger partial charge in [-0.05, 0) is 28.1 Å². The van der Waals surface area contributed by atoms with Crippen LogP contribution in [0.25, 0.3) is 11.3 Å². The zero-order valence-electron chi connectivity index (χ0n) is 7.42. The molecule has 0 amide bonds. The van der Waals surface area contributed by atoms with E-state index in [0.717, 1.165) is 6.07 Å². The lowest BCUT2D eigenvalue weighted by molar-refractivity contribution is 0.585. The molecule has 1 aromatic carbocycles. The van der Waals surface area contributed by atoms with E-state index in [4.69, 9.17) is 0 Å². The molecule has 0 aliphatic heterocycles. The first kappa shape index (κ1) is 10.2. The minimum absolute atomic E-state index is 0.233. The molecule has 1 aromatic heterocycles. The first-order valence-electron chi connectivity index (χ1n) is 4.10. The van der Waals surface area contributed by atoms with Crippen LogP contribution in [0, 0.1) is 11.6 Å². The van der Waals surface area contributed by atoms with E-state index in [1.807, 2.05) is 0 Å². The number of aromatic nitrogens is 2. The molecule has 76 valence electrons. The van der Waals surface area contributed by atoms with Gasteiger partial charge in [0.2, 0.25) is 0 Å². The van der Waals surface area contributed by atoms with Gasteiger partial charge in [0.1, 0.15) is 16.2 Å². The number of hydrogen-bond acceptors (Lipinski definition) is 2. The van der Waals surface area contributed by atoms with Crippen molar-refractivity contribution in [1.82, 2.24) is 9.97 Å². The molecule has 0 saturated carbocycles. The van der Waals surface area contributed by atoms with Crippen LogP contribution >= 0.6 is 15.9 Å². The van der Waals surface area contributed by atoms with E-state index in [1.165, 1.54) is 24.5 Å². The SMILES string of the molecule is Fc1ccc(-c2cnc(Br)cn2)c(F)c1. The molecule has 1 heterocycles. The normalized spacial score (nSPS) is 10.3. The van der Waals surface area contributed by atoms with Crippen LogP contribution in [-0.2, 0) is 0 Å². The highest BCUT2D eigenvalue weighted by Crippen LogP contribution is 2.21. The molecule has 5 heteroatoms. The number of halogens is 3. The van der Waals surface area contributed by atoms with E-state index in [0.29, 0.717) is 10.3 Å². The monoisotopic (exact) mass is 270 g/mol. The Kier molecular flexibility index (Phi) is 2.73. The second kappa shape index (κ2) is 4.02. The standard InChI is InChI=1S/C10H5BrF2N2/c11-10-5-14-9(4-15-10)7-2-1-6(12)3-8(7)13/h1-5H. The second-order valence-electron chi connectivity index (χ2n) is 2.85. The minimum Gasteiger partial charge on any atom is -0.252 e. The smallest absolute Gasteiger partial charge is 0.135 e. The van der Waals surface area contributed by atoms with Gasteiger partial charge in [0, 0.05) is 11.6 Å². The third kappa shape index (κ3) is 2.18. The van der Waals surface area contributed by atoms with Crippen molar-refractivity contribution >= 4 is 15.9 Å². The van der Waals surface area contributed by atoms with Gasteiger partial charge in [0.25, 0.3) is 0 Å². The van der Waals surface area contributed by atoms with Crippen molar-refractivity contribution < 1.29 is 8.78 Å². The summed E-state index contributed by atoms with van der Waals surface area (Å²) < 4.78 is 26.5. The highest BCUT2D eigenvalue weighted by molar-refractivity contribution is 9.10. The van der Waals surface area contributed by atoms with Crippen molar-refractivity contribution in [3.05, 3.63) is 46.8 Å². The third-order valence-electron chi connectivity index (χ3n) is 1.83. The molecule has 0 bridgehead atoms. The topological polar surface area (TPSA) is 25.8 Å². The van der Waals surface area contributed by atoms with E-state index >= 15 is 0 Å². The summed E-state index contributed by atoms with van der Waals surface area (Å²) in [5.41, 5.74) is 0.604. The average molecular weight is 271 g/mol. The molecule has 0 N–H and O–H groups in total. The minimum atomic E-state index is -0.647. The number of hydrogen-bond donors (Lipinski definition) is 0. The molecule has 2 nitrogen and oxygen atoms in total. The van der Waals surface area contributed by atoms with Crippen LogP contribution in [0.5, 0.6) is 0 Å². The third-order valence-corrected chi connectivity index (χ3v) is 2.24. The largest absolute Gasteiger partial charge is 0.252 e. The Morgan fingerprint density at radius 3 is 2.47 bits per heavy atom. The van der Waals surface area contributed by atoms with Crippen LogP contribution in [0.2, 0.25) is 0 Å². The molecular formula is C10H5BrF2N2. The Labute approximate surface area is 93.1 Å². The fraction of sp³-hybridized carbons (Fsp3) is 0. The zero-order chi connectivity index (χ0) is 10.8. The fourth-order valence-electron chi connectivity index (χ4n) is 1.15. The second-order valence-corrected chi connectivity index (χ2v) is 3.66. The molecular weight excluding hydrogens is 266 g/mol. The van der Waals surface area contributed by atoms with Crippen LogP contribution in [0.15, 0.2) is 35.2 Å². The Balaban J connectivity index is 2.49. The lowest BCUT2D eigenvalue weighted by atomic mass is 10.1. The van der Waals surface area contributed by atoms with Crippen LogP contribution < -0.4 is 0 Å². The van der Waals surface area contributed by atoms with Crippen molar-refractivity contribution in [2.75, 3.05) is 0 Å². The van der Waals surface area contributed by atoms with Crippen LogP contribution in [0.4, 0.5) is 8.78 Å². The van der Waals surface area contributed by atoms with Crippen molar-refractivity contribution in [2.45, 2.75) is 0 Å². The maximum atomic E-state index is 13.3. The fourth-order valence-corrected chi connectivity index (χ4v) is 1.35. The van der Waals surface area contributed by atoms with E-state index in [9.17, 15) is 8.78 Å². The predicted molar refractivity (Wildman–Crippen MR) is 55.1 cm³/mol. The Bertz CT molecular complexity index is 485.